The maximum atomic E-state index is 12.4. The number of fused-ring (bicyclic) bond motifs is 2. The van der Waals surface area contributed by atoms with Gasteiger partial charge in [-0.1, -0.05) is 6.07 Å². The number of carboxylic acids is 1. The lowest BCUT2D eigenvalue weighted by Gasteiger charge is -2.19. The summed E-state index contributed by atoms with van der Waals surface area (Å²) in [6.45, 7) is 8.35. The molecule has 0 saturated carbocycles. The van der Waals surface area contributed by atoms with E-state index in [0.29, 0.717) is 86.1 Å². The molecule has 0 unspecified atom stereocenters. The standard InChI is InChI=1S/C34H39N3O10S/c1-34(2,3)47-33(42)36-11-13-44-15-17-45-16-14-43-12-10-35-32(48)37-21-4-7-24(27(18-21)31(40)41)30-25-8-5-22(38)19-28(25)46-29-20-23(39)6-9-26(29)30/h4-9,18-20,38H,10-17H2,1-3H3,(H,36,42)(H,40,41)(H2,35,37,48). The largest absolute Gasteiger partial charge is 0.508 e. The number of benzene rings is 3. The number of hydrogen-bond acceptors (Lipinski definition) is 10. The maximum absolute atomic E-state index is 12.4. The molecule has 2 aromatic carbocycles. The Balaban J connectivity index is 1.21. The van der Waals surface area contributed by atoms with Gasteiger partial charge in [-0.05, 0) is 75.0 Å². The van der Waals surface area contributed by atoms with E-state index in [4.69, 9.17) is 35.6 Å². The van der Waals surface area contributed by atoms with E-state index in [1.54, 1.807) is 45.0 Å². The Labute approximate surface area is 282 Å². The van der Waals surface area contributed by atoms with E-state index in [1.807, 2.05) is 0 Å². The Kier molecular flexibility index (Phi) is 12.7. The van der Waals surface area contributed by atoms with Crippen LogP contribution in [-0.2, 0) is 18.9 Å². The average Bonchev–Trinajstić information content (AvgIpc) is 3.01. The molecule has 2 aliphatic rings. The third-order valence-corrected chi connectivity index (χ3v) is 6.89. The molecule has 0 bridgehead atoms. The Hall–Kier alpha value is -4.76. The molecule has 14 heteroatoms. The number of hydrogen-bond donors (Lipinski definition) is 5. The maximum Gasteiger partial charge on any atom is 0.407 e. The lowest BCUT2D eigenvalue weighted by atomic mass is 9.90. The van der Waals surface area contributed by atoms with Crippen LogP contribution in [0, 0.1) is 0 Å². The summed E-state index contributed by atoms with van der Waals surface area (Å²) in [5.74, 6) is -0.924. The van der Waals surface area contributed by atoms with Crippen LogP contribution in [0.25, 0.3) is 33.4 Å². The van der Waals surface area contributed by atoms with Crippen LogP contribution in [-0.4, -0.2) is 85.7 Å². The topological polar surface area (TPSA) is 178 Å². The molecule has 48 heavy (non-hydrogen) atoms. The fourth-order valence-electron chi connectivity index (χ4n) is 4.66. The third-order valence-electron chi connectivity index (χ3n) is 6.64. The van der Waals surface area contributed by atoms with Gasteiger partial charge in [-0.25, -0.2) is 9.59 Å². The lowest BCUT2D eigenvalue weighted by molar-refractivity contribution is 0.0149. The second kappa shape index (κ2) is 16.9. The van der Waals surface area contributed by atoms with E-state index < -0.39 is 17.7 Å². The molecule has 0 radical (unpaired) electrons. The number of anilines is 1. The first-order valence-electron chi connectivity index (χ1n) is 15.2. The van der Waals surface area contributed by atoms with Gasteiger partial charge in [0.25, 0.3) is 0 Å². The molecule has 2 aromatic rings. The summed E-state index contributed by atoms with van der Waals surface area (Å²) >= 11 is 5.38. The van der Waals surface area contributed by atoms with Gasteiger partial charge in [-0.15, -0.1) is 0 Å². The Morgan fingerprint density at radius 1 is 0.833 bits per heavy atom. The zero-order valence-electron chi connectivity index (χ0n) is 26.9. The first-order chi connectivity index (χ1) is 22.9. The van der Waals surface area contributed by atoms with Gasteiger partial charge in [0.1, 0.15) is 22.7 Å². The molecule has 13 nitrogen and oxygen atoms in total. The van der Waals surface area contributed by atoms with Gasteiger partial charge in [0.15, 0.2) is 10.5 Å². The number of nitrogens with one attached hydrogen (secondary N) is 3. The molecular weight excluding hydrogens is 642 g/mol. The fourth-order valence-corrected chi connectivity index (χ4v) is 4.88. The number of thiocarbonyl (C=S) groups is 1. The number of carbonyl (C=O) groups is 2. The summed E-state index contributed by atoms with van der Waals surface area (Å²) in [5, 5.41) is 29.6. The number of rotatable bonds is 15. The lowest BCUT2D eigenvalue weighted by Crippen LogP contribution is -2.34. The second-order valence-corrected chi connectivity index (χ2v) is 11.9. The van der Waals surface area contributed by atoms with Crippen molar-refractivity contribution in [1.29, 1.82) is 0 Å². The second-order valence-electron chi connectivity index (χ2n) is 11.5. The highest BCUT2D eigenvalue weighted by molar-refractivity contribution is 7.80. The number of phenols is 1. The van der Waals surface area contributed by atoms with Crippen molar-refractivity contribution in [3.8, 4) is 28.2 Å². The number of phenolic OH excluding ortho intramolecular Hbond substituents is 1. The molecule has 1 aliphatic heterocycles. The number of aromatic carboxylic acids is 1. The first kappa shape index (κ1) is 36.1. The zero-order chi connectivity index (χ0) is 34.7. The van der Waals surface area contributed by atoms with Crippen LogP contribution in [0.5, 0.6) is 5.75 Å². The van der Waals surface area contributed by atoms with Crippen LogP contribution in [0.2, 0.25) is 0 Å². The highest BCUT2D eigenvalue weighted by Gasteiger charge is 2.22. The van der Waals surface area contributed by atoms with E-state index >= 15 is 0 Å². The molecular formula is C34H39N3O10S. The minimum absolute atomic E-state index is 0.00192. The van der Waals surface area contributed by atoms with Crippen LogP contribution >= 0.6 is 12.2 Å². The van der Waals surface area contributed by atoms with Crippen molar-refractivity contribution in [3.63, 3.8) is 0 Å². The minimum Gasteiger partial charge on any atom is -0.508 e. The minimum atomic E-state index is -1.16. The van der Waals surface area contributed by atoms with Crippen molar-refractivity contribution in [2.45, 2.75) is 26.4 Å². The number of alkyl carbamates (subject to hydrolysis) is 1. The summed E-state index contributed by atoms with van der Waals surface area (Å²) in [6.07, 6.45) is -0.485. The van der Waals surface area contributed by atoms with E-state index in [2.05, 4.69) is 16.0 Å². The van der Waals surface area contributed by atoms with E-state index in [1.165, 1.54) is 30.3 Å². The molecule has 1 amide bonds. The Morgan fingerprint density at radius 3 is 2.15 bits per heavy atom. The van der Waals surface area contributed by atoms with E-state index in [-0.39, 0.29) is 27.6 Å². The van der Waals surface area contributed by atoms with Crippen molar-refractivity contribution in [1.82, 2.24) is 10.6 Å². The number of amides is 1. The zero-order valence-corrected chi connectivity index (χ0v) is 27.7. The van der Waals surface area contributed by atoms with Gasteiger partial charge in [0.2, 0.25) is 0 Å². The molecule has 4 rings (SSSR count). The smallest absolute Gasteiger partial charge is 0.407 e. The van der Waals surface area contributed by atoms with Crippen molar-refractivity contribution in [2.75, 3.05) is 58.0 Å². The van der Waals surface area contributed by atoms with Crippen LogP contribution < -0.4 is 21.4 Å². The molecule has 5 N–H and O–H groups in total. The molecule has 0 aromatic heterocycles. The monoisotopic (exact) mass is 681 g/mol. The average molecular weight is 682 g/mol. The number of carboxylic acid groups (broad SMARTS) is 1. The van der Waals surface area contributed by atoms with Crippen molar-refractivity contribution in [2.24, 2.45) is 0 Å². The molecule has 0 spiro atoms. The molecule has 0 atom stereocenters. The van der Waals surface area contributed by atoms with Crippen LogP contribution in [0.3, 0.4) is 0 Å². The van der Waals surface area contributed by atoms with Crippen molar-refractivity contribution < 1.29 is 43.2 Å². The van der Waals surface area contributed by atoms with Gasteiger partial charge >= 0.3 is 12.1 Å². The predicted molar refractivity (Wildman–Crippen MR) is 184 cm³/mol. The fraction of sp³-hybridized carbons (Fsp3) is 0.353. The van der Waals surface area contributed by atoms with Crippen molar-refractivity contribution >= 4 is 46.0 Å². The highest BCUT2D eigenvalue weighted by atomic mass is 32.1. The normalized spacial score (nSPS) is 11.4. The number of aromatic hydroxyl groups is 1. The Bertz CT molecular complexity index is 1770. The molecule has 1 heterocycles. The quantitative estimate of drug-likeness (QED) is 0.0656. The third kappa shape index (κ3) is 10.6. The van der Waals surface area contributed by atoms with Gasteiger partial charge in [0, 0.05) is 47.4 Å². The highest BCUT2D eigenvalue weighted by Crippen LogP contribution is 2.42. The van der Waals surface area contributed by atoms with Gasteiger partial charge in [0.05, 0.1) is 45.2 Å². The number of ether oxygens (including phenoxy) is 4. The summed E-state index contributed by atoms with van der Waals surface area (Å²) < 4.78 is 27.4. The molecule has 0 saturated heterocycles. The van der Waals surface area contributed by atoms with Gasteiger partial charge in [-0.2, -0.15) is 0 Å². The van der Waals surface area contributed by atoms with E-state index in [0.717, 1.165) is 0 Å². The van der Waals surface area contributed by atoms with Crippen LogP contribution in [0.15, 0.2) is 63.8 Å². The number of carbonyl (C=O) groups excluding carboxylic acids is 1. The van der Waals surface area contributed by atoms with Crippen LogP contribution in [0.1, 0.15) is 31.1 Å². The molecule has 256 valence electrons. The van der Waals surface area contributed by atoms with Gasteiger partial charge < -0.3 is 49.5 Å². The SMILES string of the molecule is CC(C)(C)OC(=O)NCCOCCOCCOCCNC(=S)Nc1ccc(-c2c3ccc(=O)cc-3oc3cc(O)ccc23)c(C(=O)O)c1. The predicted octanol–water partition coefficient (Wildman–Crippen LogP) is 4.83. The summed E-state index contributed by atoms with van der Waals surface area (Å²) in [4.78, 5) is 36.0. The Morgan fingerprint density at radius 2 is 1.48 bits per heavy atom. The van der Waals surface area contributed by atoms with Crippen LogP contribution in [0.4, 0.5) is 10.5 Å². The van der Waals surface area contributed by atoms with Gasteiger partial charge in [-0.3, -0.25) is 4.79 Å². The molecule has 1 aliphatic carbocycles. The van der Waals surface area contributed by atoms with E-state index in [9.17, 15) is 24.6 Å². The van der Waals surface area contributed by atoms with Crippen molar-refractivity contribution in [3.05, 3.63) is 70.4 Å². The summed E-state index contributed by atoms with van der Waals surface area (Å²) in [6, 6.07) is 13.7. The summed E-state index contributed by atoms with van der Waals surface area (Å²) in [5.41, 5.74) is 1.46. The first-order valence-corrected chi connectivity index (χ1v) is 15.6. The molecule has 0 fully saturated rings. The summed E-state index contributed by atoms with van der Waals surface area (Å²) in [7, 11) is 0.